The van der Waals surface area contributed by atoms with E-state index in [1.807, 2.05) is 84.9 Å². The van der Waals surface area contributed by atoms with E-state index in [-0.39, 0.29) is 5.56 Å². The fourth-order valence-corrected chi connectivity index (χ4v) is 10.6. The van der Waals surface area contributed by atoms with Crippen LogP contribution in [0.2, 0.25) is 0 Å². The number of nitrogens with zero attached hydrogens (tertiary/aromatic N) is 3. The van der Waals surface area contributed by atoms with Crippen molar-refractivity contribution in [1.82, 2.24) is 14.6 Å². The molecule has 37 heavy (non-hydrogen) atoms. The zero-order chi connectivity index (χ0) is 25.5. The maximum atomic E-state index is 13.2. The van der Waals surface area contributed by atoms with Crippen LogP contribution in [0.15, 0.2) is 126 Å². The topological polar surface area (TPSA) is 47.3 Å². The van der Waals surface area contributed by atoms with Crippen molar-refractivity contribution in [3.8, 4) is 21.8 Å². The maximum absolute atomic E-state index is 13.2. The molecule has 2 heterocycles. The van der Waals surface area contributed by atoms with Crippen molar-refractivity contribution in [3.05, 3.63) is 132 Å². The Morgan fingerprint density at radius 3 is 1.92 bits per heavy atom. The van der Waals surface area contributed by atoms with Crippen LogP contribution >= 0.6 is 28.5 Å². The van der Waals surface area contributed by atoms with Gasteiger partial charge in [0.05, 0.1) is 0 Å². The summed E-state index contributed by atoms with van der Waals surface area (Å²) in [7, 11) is 0. The summed E-state index contributed by atoms with van der Waals surface area (Å²) in [5.74, 6) is -3.44. The summed E-state index contributed by atoms with van der Waals surface area (Å²) < 4.78 is 1.37. The third kappa shape index (κ3) is 3.91. The average Bonchev–Trinajstić information content (AvgIpc) is 3.40. The van der Waals surface area contributed by atoms with E-state index >= 15 is 0 Å². The molecule has 0 spiro atoms. The molecule has 0 unspecified atom stereocenters. The van der Waals surface area contributed by atoms with Gasteiger partial charge in [0.15, 0.2) is 0 Å². The molecule has 0 aliphatic carbocycles. The summed E-state index contributed by atoms with van der Waals surface area (Å²) in [5.41, 5.74) is 2.16. The second-order valence-corrected chi connectivity index (χ2v) is 16.9. The van der Waals surface area contributed by atoms with E-state index in [9.17, 15) is 4.79 Å². The van der Waals surface area contributed by atoms with Crippen molar-refractivity contribution in [2.24, 2.45) is 0 Å². The van der Waals surface area contributed by atoms with E-state index in [1.54, 1.807) is 6.07 Å². The first-order valence-electron chi connectivity index (χ1n) is 11.9. The SMILES string of the molecule is CP(Cl)(c1ccccc1)(c1ccccc1)c1ccccc1-c1cc(=O)n2nc(-c3ccccc3)sc2n1. The second-order valence-electron chi connectivity index (χ2n) is 9.06. The van der Waals surface area contributed by atoms with E-state index in [1.165, 1.54) is 15.9 Å². The number of benzene rings is 4. The predicted molar refractivity (Wildman–Crippen MR) is 158 cm³/mol. The quantitative estimate of drug-likeness (QED) is 0.249. The number of hydrogen-bond donors (Lipinski definition) is 0. The zero-order valence-electron chi connectivity index (χ0n) is 20.0. The van der Waals surface area contributed by atoms with Crippen LogP contribution in [0.1, 0.15) is 0 Å². The fraction of sp³-hybridized carbons (Fsp3) is 0.0333. The Balaban J connectivity index is 1.61. The van der Waals surface area contributed by atoms with Gasteiger partial charge in [-0.25, -0.2) is 0 Å². The van der Waals surface area contributed by atoms with Crippen molar-refractivity contribution < 1.29 is 0 Å². The molecule has 0 bridgehead atoms. The number of rotatable bonds is 5. The van der Waals surface area contributed by atoms with Gasteiger partial charge in [0.25, 0.3) is 0 Å². The molecule has 6 rings (SSSR count). The Bertz CT molecular complexity index is 1740. The number of aromatic nitrogens is 3. The van der Waals surface area contributed by atoms with Gasteiger partial charge in [-0.15, -0.1) is 0 Å². The summed E-state index contributed by atoms with van der Waals surface area (Å²) in [4.78, 5) is 18.7. The van der Waals surface area contributed by atoms with Crippen LogP contribution in [0.5, 0.6) is 0 Å². The van der Waals surface area contributed by atoms with Gasteiger partial charge in [-0.3, -0.25) is 0 Å². The van der Waals surface area contributed by atoms with Gasteiger partial charge in [0, 0.05) is 0 Å². The zero-order valence-corrected chi connectivity index (χ0v) is 22.5. The molecule has 0 N–H and O–H groups in total. The van der Waals surface area contributed by atoms with Gasteiger partial charge >= 0.3 is 224 Å². The summed E-state index contributed by atoms with van der Waals surface area (Å²) in [6, 6.07) is 39.9. The van der Waals surface area contributed by atoms with Crippen LogP contribution in [-0.4, -0.2) is 21.3 Å². The first-order valence-corrected chi connectivity index (χ1v) is 16.3. The van der Waals surface area contributed by atoms with Crippen molar-refractivity contribution in [2.45, 2.75) is 0 Å². The molecular weight excluding hydrogens is 517 g/mol. The minimum absolute atomic E-state index is 0.223. The number of fused-ring (bicyclic) bond motifs is 1. The molecular formula is C30H23ClN3OPS. The van der Waals surface area contributed by atoms with Crippen molar-refractivity contribution >= 4 is 49.4 Å². The minimum atomic E-state index is -3.44. The Morgan fingerprint density at radius 2 is 1.30 bits per heavy atom. The molecule has 0 aliphatic rings. The predicted octanol–water partition coefficient (Wildman–Crippen LogP) is 6.10. The van der Waals surface area contributed by atoms with Crippen LogP contribution in [0.4, 0.5) is 0 Å². The van der Waals surface area contributed by atoms with Gasteiger partial charge in [0.2, 0.25) is 0 Å². The third-order valence-electron chi connectivity index (χ3n) is 6.76. The van der Waals surface area contributed by atoms with Crippen LogP contribution in [-0.2, 0) is 0 Å². The molecule has 2 aromatic heterocycles. The summed E-state index contributed by atoms with van der Waals surface area (Å²) in [6.45, 7) is 2.16. The fourth-order valence-electron chi connectivity index (χ4n) is 4.79. The number of hydrogen-bond acceptors (Lipinski definition) is 4. The van der Waals surface area contributed by atoms with E-state index in [0.717, 1.165) is 32.0 Å². The molecule has 0 radical (unpaired) electrons. The third-order valence-corrected chi connectivity index (χ3v) is 14.0. The van der Waals surface area contributed by atoms with Gasteiger partial charge < -0.3 is 0 Å². The molecule has 7 heteroatoms. The molecule has 0 fully saturated rings. The molecule has 0 aliphatic heterocycles. The van der Waals surface area contributed by atoms with Gasteiger partial charge in [-0.2, -0.15) is 0 Å². The average molecular weight is 540 g/mol. The molecule has 4 aromatic carbocycles. The van der Waals surface area contributed by atoms with Crippen LogP contribution in [0.25, 0.3) is 26.8 Å². The van der Waals surface area contributed by atoms with E-state index < -0.39 is 5.96 Å². The Kier molecular flexibility index (Phi) is 5.80. The van der Waals surface area contributed by atoms with E-state index in [4.69, 9.17) is 16.2 Å². The molecule has 182 valence electrons. The standard InChI is InChI=1S/C30H23ClN3OPS/c1-36(31,23-15-7-3-8-16-23,24-17-9-4-10-18-24)27-20-12-11-19-25(27)26-21-28(35)34-30(32-26)37-29(33-34)22-13-5-2-6-14-22/h2-21H,1H3. The Labute approximate surface area is 223 Å². The molecule has 0 atom stereocenters. The van der Waals surface area contributed by atoms with Gasteiger partial charge in [-0.1, -0.05) is 0 Å². The van der Waals surface area contributed by atoms with Crippen molar-refractivity contribution in [1.29, 1.82) is 0 Å². The summed E-state index contributed by atoms with van der Waals surface area (Å²) in [6.07, 6.45) is 0. The Hall–Kier alpha value is -3.63. The van der Waals surface area contributed by atoms with Crippen LogP contribution in [0.3, 0.4) is 0 Å². The van der Waals surface area contributed by atoms with Crippen LogP contribution in [0, 0.1) is 0 Å². The molecule has 0 amide bonds. The van der Waals surface area contributed by atoms with Crippen molar-refractivity contribution in [2.75, 3.05) is 6.66 Å². The number of halogens is 1. The summed E-state index contributed by atoms with van der Waals surface area (Å²) >= 11 is 9.37. The first kappa shape index (κ1) is 23.7. The normalized spacial score (nSPS) is 12.8. The monoisotopic (exact) mass is 539 g/mol. The molecule has 4 nitrogen and oxygen atoms in total. The first-order chi connectivity index (χ1) is 17.9. The van der Waals surface area contributed by atoms with Gasteiger partial charge in [-0.05, 0) is 0 Å². The molecule has 0 saturated carbocycles. The molecule has 6 aromatic rings. The van der Waals surface area contributed by atoms with E-state index in [0.29, 0.717) is 10.7 Å². The molecule has 0 saturated heterocycles. The summed E-state index contributed by atoms with van der Waals surface area (Å²) in [5, 5.41) is 8.36. The Morgan fingerprint density at radius 1 is 0.757 bits per heavy atom. The van der Waals surface area contributed by atoms with Crippen LogP contribution < -0.4 is 21.5 Å². The van der Waals surface area contributed by atoms with Crippen molar-refractivity contribution in [3.63, 3.8) is 0 Å². The second kappa shape index (κ2) is 9.04. The van der Waals surface area contributed by atoms with Gasteiger partial charge in [0.1, 0.15) is 0 Å². The van der Waals surface area contributed by atoms with E-state index in [2.05, 4.69) is 42.1 Å².